The van der Waals surface area contributed by atoms with Gasteiger partial charge >= 0.3 is 0 Å². The minimum absolute atomic E-state index is 0.443. The summed E-state index contributed by atoms with van der Waals surface area (Å²) in [5.74, 6) is 1.91. The van der Waals surface area contributed by atoms with Crippen molar-refractivity contribution in [1.29, 1.82) is 0 Å². The minimum Gasteiger partial charge on any atom is -0.489 e. The monoisotopic (exact) mass is 256 g/mol. The lowest BCUT2D eigenvalue weighted by Crippen LogP contribution is -2.01. The summed E-state index contributed by atoms with van der Waals surface area (Å²) < 4.78 is 5.94. The van der Waals surface area contributed by atoms with Crippen LogP contribution in [0.25, 0.3) is 0 Å². The van der Waals surface area contributed by atoms with E-state index in [0.29, 0.717) is 18.3 Å². The first kappa shape index (κ1) is 13.4. The van der Waals surface area contributed by atoms with Crippen molar-refractivity contribution in [3.8, 4) is 5.75 Å². The van der Waals surface area contributed by atoms with E-state index in [1.807, 2.05) is 12.1 Å². The summed E-state index contributed by atoms with van der Waals surface area (Å²) >= 11 is 0. The number of nitrogens with zero attached hydrogens (tertiary/aromatic N) is 1. The van der Waals surface area contributed by atoms with Gasteiger partial charge in [-0.05, 0) is 47.7 Å². The number of nitrogen functional groups attached to an aromatic ring is 1. The van der Waals surface area contributed by atoms with Gasteiger partial charge in [-0.2, -0.15) is 0 Å². The molecule has 1 aromatic carbocycles. The van der Waals surface area contributed by atoms with Gasteiger partial charge in [-0.3, -0.25) is 0 Å². The van der Waals surface area contributed by atoms with Gasteiger partial charge in [0.2, 0.25) is 0 Å². The molecular weight excluding hydrogens is 236 g/mol. The molecule has 0 aliphatic carbocycles. The Hall–Kier alpha value is -2.03. The molecule has 2 aromatic rings. The number of aryl methyl sites for hydroxylation is 1. The van der Waals surface area contributed by atoms with Crippen LogP contribution >= 0.6 is 0 Å². The van der Waals surface area contributed by atoms with Gasteiger partial charge in [0.15, 0.2) is 0 Å². The molecule has 0 bridgehead atoms. The van der Waals surface area contributed by atoms with Crippen molar-refractivity contribution in [2.75, 3.05) is 5.73 Å². The van der Waals surface area contributed by atoms with Gasteiger partial charge in [-0.1, -0.05) is 26.0 Å². The molecule has 19 heavy (non-hydrogen) atoms. The number of ether oxygens (including phenoxy) is 1. The summed E-state index contributed by atoms with van der Waals surface area (Å²) in [6.07, 6.45) is 1.70. The van der Waals surface area contributed by atoms with Gasteiger partial charge in [0, 0.05) is 6.20 Å². The summed E-state index contributed by atoms with van der Waals surface area (Å²) in [6.45, 7) is 6.92. The van der Waals surface area contributed by atoms with Crippen molar-refractivity contribution in [2.24, 2.45) is 0 Å². The molecule has 0 atom stereocenters. The number of pyridine rings is 1. The van der Waals surface area contributed by atoms with Crippen LogP contribution in [-0.4, -0.2) is 4.98 Å². The molecule has 3 nitrogen and oxygen atoms in total. The number of rotatable bonds is 4. The van der Waals surface area contributed by atoms with Crippen LogP contribution in [0.1, 0.15) is 36.5 Å². The van der Waals surface area contributed by atoms with Crippen LogP contribution in [0.4, 0.5) is 5.82 Å². The maximum Gasteiger partial charge on any atom is 0.123 e. The molecule has 0 aliphatic heterocycles. The third-order valence-corrected chi connectivity index (χ3v) is 3.03. The second kappa shape index (κ2) is 5.74. The molecular formula is C16H20N2O. The zero-order chi connectivity index (χ0) is 13.8. The molecule has 2 N–H and O–H groups in total. The Labute approximate surface area is 114 Å². The standard InChI is InChI=1S/C16H20N2O/c1-11(2)14-5-4-12(3)8-15(14)19-10-13-6-7-18-16(17)9-13/h4-9,11H,10H2,1-3H3,(H2,17,18). The molecule has 1 heterocycles. The van der Waals surface area contributed by atoms with Crippen LogP contribution in [0.15, 0.2) is 36.5 Å². The van der Waals surface area contributed by atoms with Crippen LogP contribution in [0, 0.1) is 6.92 Å². The lowest BCUT2D eigenvalue weighted by Gasteiger charge is -2.15. The maximum absolute atomic E-state index is 5.94. The van der Waals surface area contributed by atoms with E-state index in [2.05, 4.69) is 44.0 Å². The summed E-state index contributed by atoms with van der Waals surface area (Å²) in [5, 5.41) is 0. The smallest absolute Gasteiger partial charge is 0.123 e. The zero-order valence-corrected chi connectivity index (χ0v) is 11.7. The SMILES string of the molecule is Cc1ccc(C(C)C)c(OCc2ccnc(N)c2)c1. The van der Waals surface area contributed by atoms with Crippen molar-refractivity contribution < 1.29 is 4.74 Å². The van der Waals surface area contributed by atoms with Gasteiger partial charge in [-0.25, -0.2) is 4.98 Å². The molecule has 0 unspecified atom stereocenters. The molecule has 0 radical (unpaired) electrons. The molecule has 3 heteroatoms. The van der Waals surface area contributed by atoms with E-state index in [1.54, 1.807) is 6.20 Å². The van der Waals surface area contributed by atoms with Crippen molar-refractivity contribution in [3.05, 3.63) is 53.2 Å². The largest absolute Gasteiger partial charge is 0.489 e. The first-order valence-corrected chi connectivity index (χ1v) is 6.50. The van der Waals surface area contributed by atoms with Gasteiger partial charge in [-0.15, -0.1) is 0 Å². The molecule has 0 aliphatic rings. The molecule has 0 amide bonds. The van der Waals surface area contributed by atoms with Crippen molar-refractivity contribution >= 4 is 5.82 Å². The van der Waals surface area contributed by atoms with Crippen LogP contribution in [0.5, 0.6) is 5.75 Å². The minimum atomic E-state index is 0.443. The fraction of sp³-hybridized carbons (Fsp3) is 0.312. The summed E-state index contributed by atoms with van der Waals surface area (Å²) in [4.78, 5) is 3.98. The highest BCUT2D eigenvalue weighted by molar-refractivity contribution is 5.39. The fourth-order valence-electron chi connectivity index (χ4n) is 1.99. The lowest BCUT2D eigenvalue weighted by atomic mass is 10.0. The predicted molar refractivity (Wildman–Crippen MR) is 78.2 cm³/mol. The molecule has 0 spiro atoms. The van der Waals surface area contributed by atoms with Gasteiger partial charge in [0.25, 0.3) is 0 Å². The van der Waals surface area contributed by atoms with Crippen LogP contribution in [0.3, 0.4) is 0 Å². The summed E-state index contributed by atoms with van der Waals surface area (Å²) in [6, 6.07) is 10.1. The molecule has 1 aromatic heterocycles. The summed E-state index contributed by atoms with van der Waals surface area (Å²) in [7, 11) is 0. The van der Waals surface area contributed by atoms with E-state index in [4.69, 9.17) is 10.5 Å². The summed E-state index contributed by atoms with van der Waals surface area (Å²) in [5.41, 5.74) is 9.13. The van der Waals surface area contributed by atoms with Gasteiger partial charge < -0.3 is 10.5 Å². The molecule has 0 saturated carbocycles. The van der Waals surface area contributed by atoms with Crippen LogP contribution < -0.4 is 10.5 Å². The first-order chi connectivity index (χ1) is 9.06. The van der Waals surface area contributed by atoms with Gasteiger partial charge in [0.05, 0.1) is 0 Å². The third kappa shape index (κ3) is 3.47. The number of nitrogens with two attached hydrogens (primary N) is 1. The second-order valence-electron chi connectivity index (χ2n) is 5.07. The third-order valence-electron chi connectivity index (χ3n) is 3.03. The average Bonchev–Trinajstić information content (AvgIpc) is 2.36. The number of hydrogen-bond donors (Lipinski definition) is 1. The quantitative estimate of drug-likeness (QED) is 0.907. The number of benzene rings is 1. The molecule has 2 rings (SSSR count). The topological polar surface area (TPSA) is 48.1 Å². The normalized spacial score (nSPS) is 10.7. The molecule has 0 saturated heterocycles. The van der Waals surface area contributed by atoms with Crippen molar-refractivity contribution in [1.82, 2.24) is 4.98 Å². The number of anilines is 1. The van der Waals surface area contributed by atoms with E-state index < -0.39 is 0 Å². The average molecular weight is 256 g/mol. The van der Waals surface area contributed by atoms with Crippen LogP contribution in [-0.2, 0) is 6.61 Å². The highest BCUT2D eigenvalue weighted by atomic mass is 16.5. The maximum atomic E-state index is 5.94. The van der Waals surface area contributed by atoms with Crippen molar-refractivity contribution in [3.63, 3.8) is 0 Å². The molecule has 0 fully saturated rings. The van der Waals surface area contributed by atoms with Crippen molar-refractivity contribution in [2.45, 2.75) is 33.3 Å². The highest BCUT2D eigenvalue weighted by Gasteiger charge is 2.08. The Morgan fingerprint density at radius 3 is 2.68 bits per heavy atom. The number of aromatic nitrogens is 1. The van der Waals surface area contributed by atoms with E-state index in [9.17, 15) is 0 Å². The first-order valence-electron chi connectivity index (χ1n) is 6.50. The van der Waals surface area contributed by atoms with Gasteiger partial charge in [0.1, 0.15) is 18.2 Å². The fourth-order valence-corrected chi connectivity index (χ4v) is 1.99. The highest BCUT2D eigenvalue weighted by Crippen LogP contribution is 2.28. The van der Waals surface area contributed by atoms with E-state index in [1.165, 1.54) is 11.1 Å². The Morgan fingerprint density at radius 1 is 1.21 bits per heavy atom. The Morgan fingerprint density at radius 2 is 2.00 bits per heavy atom. The Kier molecular flexibility index (Phi) is 4.05. The predicted octanol–water partition coefficient (Wildman–Crippen LogP) is 3.67. The van der Waals surface area contributed by atoms with E-state index >= 15 is 0 Å². The Bertz CT molecular complexity index is 564. The Balaban J connectivity index is 2.17. The van der Waals surface area contributed by atoms with E-state index in [0.717, 1.165) is 11.3 Å². The van der Waals surface area contributed by atoms with E-state index in [-0.39, 0.29) is 0 Å². The lowest BCUT2D eigenvalue weighted by molar-refractivity contribution is 0.301. The van der Waals surface area contributed by atoms with Crippen LogP contribution in [0.2, 0.25) is 0 Å². The second-order valence-corrected chi connectivity index (χ2v) is 5.07. The molecule has 100 valence electrons. The number of hydrogen-bond acceptors (Lipinski definition) is 3. The zero-order valence-electron chi connectivity index (χ0n) is 11.7.